The van der Waals surface area contributed by atoms with Gasteiger partial charge in [-0.25, -0.2) is 4.79 Å². The zero-order valence-electron chi connectivity index (χ0n) is 9.68. The molecule has 0 bridgehead atoms. The van der Waals surface area contributed by atoms with Crippen LogP contribution in [-0.2, 0) is 14.3 Å². The van der Waals surface area contributed by atoms with Crippen molar-refractivity contribution in [1.82, 2.24) is 0 Å². The number of esters is 1. The number of benzene rings is 1. The second kappa shape index (κ2) is 6.44. The summed E-state index contributed by atoms with van der Waals surface area (Å²) in [4.78, 5) is 34.7. The molecular weight excluding hydrogens is 347 g/mol. The first-order chi connectivity index (χ1) is 8.43. The molecule has 0 aliphatic heterocycles. The van der Waals surface area contributed by atoms with Crippen molar-refractivity contribution in [3.8, 4) is 0 Å². The van der Waals surface area contributed by atoms with E-state index < -0.39 is 21.6 Å². The van der Waals surface area contributed by atoms with E-state index in [0.717, 1.165) is 0 Å². The van der Waals surface area contributed by atoms with Gasteiger partial charge in [0.1, 0.15) is 0 Å². The van der Waals surface area contributed by atoms with Gasteiger partial charge >= 0.3 is 5.97 Å². The molecule has 5 heteroatoms. The fourth-order valence-corrected chi connectivity index (χ4v) is 1.60. The highest BCUT2D eigenvalue weighted by molar-refractivity contribution is 14.1. The summed E-state index contributed by atoms with van der Waals surface area (Å²) in [5.74, 6) is -2.13. The Morgan fingerprint density at radius 2 is 1.78 bits per heavy atom. The van der Waals surface area contributed by atoms with Crippen LogP contribution in [0.25, 0.3) is 0 Å². The maximum absolute atomic E-state index is 11.8. The van der Waals surface area contributed by atoms with Crippen molar-refractivity contribution in [2.75, 3.05) is 0 Å². The van der Waals surface area contributed by atoms with E-state index in [2.05, 4.69) is 6.58 Å². The summed E-state index contributed by atoms with van der Waals surface area (Å²) in [6, 6.07) is 8.11. The molecule has 0 radical (unpaired) electrons. The van der Waals surface area contributed by atoms with Crippen molar-refractivity contribution < 1.29 is 19.1 Å². The Hall–Kier alpha value is -1.50. The molecule has 0 aromatic heterocycles. The molecule has 0 saturated heterocycles. The van der Waals surface area contributed by atoms with Crippen LogP contribution < -0.4 is 0 Å². The minimum absolute atomic E-state index is 0.177. The van der Waals surface area contributed by atoms with Gasteiger partial charge in [0.2, 0.25) is 9.89 Å². The number of Topliss-reactive ketones (excluding diaryl/α,β-unsaturated/α-hetero) is 2. The lowest BCUT2D eigenvalue weighted by molar-refractivity contribution is -0.143. The van der Waals surface area contributed by atoms with Gasteiger partial charge in [-0.3, -0.25) is 9.59 Å². The van der Waals surface area contributed by atoms with E-state index in [1.165, 1.54) is 19.1 Å². The highest BCUT2D eigenvalue weighted by Crippen LogP contribution is 2.11. The maximum Gasteiger partial charge on any atom is 0.334 e. The zero-order valence-corrected chi connectivity index (χ0v) is 11.8. The lowest BCUT2D eigenvalue weighted by Crippen LogP contribution is -2.28. The predicted octanol–water partition coefficient (Wildman–Crippen LogP) is 2.32. The van der Waals surface area contributed by atoms with E-state index in [9.17, 15) is 14.4 Å². The molecule has 0 saturated carbocycles. The maximum atomic E-state index is 11.8. The van der Waals surface area contributed by atoms with Gasteiger partial charge in [-0.15, -0.1) is 0 Å². The minimum Gasteiger partial charge on any atom is -0.440 e. The molecule has 0 spiro atoms. The number of ether oxygens (including phenoxy) is 1. The number of carbonyl (C=O) groups is 3. The molecule has 1 atom stereocenters. The molecule has 1 rings (SSSR count). The topological polar surface area (TPSA) is 60.4 Å². The van der Waals surface area contributed by atoms with Crippen molar-refractivity contribution in [1.29, 1.82) is 0 Å². The summed E-state index contributed by atoms with van der Waals surface area (Å²) >= 11 is 1.60. The van der Waals surface area contributed by atoms with E-state index in [-0.39, 0.29) is 11.1 Å². The minimum atomic E-state index is -1.14. The Morgan fingerprint density at radius 3 is 2.28 bits per heavy atom. The van der Waals surface area contributed by atoms with Gasteiger partial charge in [-0.1, -0.05) is 36.9 Å². The van der Waals surface area contributed by atoms with E-state index in [1.54, 1.807) is 40.8 Å². The molecule has 1 unspecified atom stereocenters. The molecule has 94 valence electrons. The van der Waals surface area contributed by atoms with Gasteiger partial charge in [-0.2, -0.15) is 0 Å². The van der Waals surface area contributed by atoms with Gasteiger partial charge in [0.05, 0.1) is 0 Å². The SMILES string of the molecule is C=C(C)C(=O)OC(I)C(=O)C(=O)c1ccccc1. The summed E-state index contributed by atoms with van der Waals surface area (Å²) in [7, 11) is 0. The van der Waals surface area contributed by atoms with Gasteiger partial charge in [-0.05, 0) is 29.5 Å². The summed E-state index contributed by atoms with van der Waals surface area (Å²) in [5.41, 5.74) is 0.451. The average molecular weight is 358 g/mol. The van der Waals surface area contributed by atoms with Crippen LogP contribution in [0.1, 0.15) is 17.3 Å². The van der Waals surface area contributed by atoms with Crippen molar-refractivity contribution in [3.63, 3.8) is 0 Å². The molecule has 0 N–H and O–H groups in total. The Morgan fingerprint density at radius 1 is 1.22 bits per heavy atom. The third-order valence-corrected chi connectivity index (χ3v) is 2.84. The Bertz CT molecular complexity index is 493. The summed E-state index contributed by atoms with van der Waals surface area (Å²) < 4.78 is 3.65. The third kappa shape index (κ3) is 3.76. The van der Waals surface area contributed by atoms with Crippen LogP contribution in [0.15, 0.2) is 42.5 Å². The fourth-order valence-electron chi connectivity index (χ4n) is 1.08. The van der Waals surface area contributed by atoms with Crippen LogP contribution in [0.5, 0.6) is 0 Å². The van der Waals surface area contributed by atoms with Crippen molar-refractivity contribution in [3.05, 3.63) is 48.0 Å². The quantitative estimate of drug-likeness (QED) is 0.202. The van der Waals surface area contributed by atoms with Crippen LogP contribution in [0, 0.1) is 0 Å². The normalized spacial score (nSPS) is 11.4. The summed E-state index contributed by atoms with van der Waals surface area (Å²) in [5, 5.41) is 0. The Labute approximate surface area is 118 Å². The number of ketones is 2. The second-order valence-electron chi connectivity index (χ2n) is 3.56. The lowest BCUT2D eigenvalue weighted by Gasteiger charge is -2.09. The van der Waals surface area contributed by atoms with Crippen molar-refractivity contribution >= 4 is 40.1 Å². The molecule has 1 aromatic carbocycles. The Kier molecular flexibility index (Phi) is 5.21. The second-order valence-corrected chi connectivity index (χ2v) is 4.69. The van der Waals surface area contributed by atoms with E-state index >= 15 is 0 Å². The number of hydrogen-bond donors (Lipinski definition) is 0. The number of carbonyl (C=O) groups excluding carboxylic acids is 3. The lowest BCUT2D eigenvalue weighted by atomic mass is 10.1. The zero-order chi connectivity index (χ0) is 13.7. The molecular formula is C13H11IO4. The molecule has 0 aliphatic carbocycles. The fraction of sp³-hybridized carbons (Fsp3) is 0.154. The highest BCUT2D eigenvalue weighted by atomic mass is 127. The monoisotopic (exact) mass is 358 g/mol. The van der Waals surface area contributed by atoms with Crippen LogP contribution in [0.2, 0.25) is 0 Å². The van der Waals surface area contributed by atoms with Crippen molar-refractivity contribution in [2.24, 2.45) is 0 Å². The molecule has 18 heavy (non-hydrogen) atoms. The summed E-state index contributed by atoms with van der Waals surface area (Å²) in [6.07, 6.45) is 0. The predicted molar refractivity (Wildman–Crippen MR) is 74.5 cm³/mol. The molecule has 1 aromatic rings. The van der Waals surface area contributed by atoms with E-state index in [0.29, 0.717) is 0 Å². The van der Waals surface area contributed by atoms with Crippen molar-refractivity contribution in [2.45, 2.75) is 11.0 Å². The first-order valence-electron chi connectivity index (χ1n) is 5.07. The number of halogens is 1. The van der Waals surface area contributed by atoms with Crippen LogP contribution in [0.3, 0.4) is 0 Å². The highest BCUT2D eigenvalue weighted by Gasteiger charge is 2.27. The van der Waals surface area contributed by atoms with Crippen LogP contribution in [-0.4, -0.2) is 21.6 Å². The first kappa shape index (κ1) is 14.6. The summed E-state index contributed by atoms with van der Waals surface area (Å²) in [6.45, 7) is 4.86. The average Bonchev–Trinajstić information content (AvgIpc) is 2.37. The number of rotatable bonds is 5. The van der Waals surface area contributed by atoms with Gasteiger partial charge < -0.3 is 4.74 Å². The van der Waals surface area contributed by atoms with E-state index in [4.69, 9.17) is 4.74 Å². The standard InChI is InChI=1S/C13H11IO4/c1-8(2)13(17)18-12(14)11(16)10(15)9-6-4-3-5-7-9/h3-7,12H,1H2,2H3. The number of alkyl halides is 1. The van der Waals surface area contributed by atoms with Gasteiger partial charge in [0.25, 0.3) is 5.78 Å². The van der Waals surface area contributed by atoms with E-state index in [1.807, 2.05) is 0 Å². The van der Waals surface area contributed by atoms with Gasteiger partial charge in [0, 0.05) is 11.1 Å². The third-order valence-electron chi connectivity index (χ3n) is 2.02. The van der Waals surface area contributed by atoms with Crippen LogP contribution >= 0.6 is 22.6 Å². The molecule has 4 nitrogen and oxygen atoms in total. The molecule has 0 heterocycles. The molecule has 0 amide bonds. The molecule has 0 aliphatic rings. The smallest absolute Gasteiger partial charge is 0.334 e. The molecule has 0 fully saturated rings. The van der Waals surface area contributed by atoms with Crippen LogP contribution in [0.4, 0.5) is 0 Å². The van der Waals surface area contributed by atoms with Gasteiger partial charge in [0.15, 0.2) is 0 Å². The Balaban J connectivity index is 2.73. The number of hydrogen-bond acceptors (Lipinski definition) is 4. The first-order valence-corrected chi connectivity index (χ1v) is 6.32. The largest absolute Gasteiger partial charge is 0.440 e.